The highest BCUT2D eigenvalue weighted by atomic mass is 16.5. The molecule has 0 spiro atoms. The van der Waals surface area contributed by atoms with Crippen LogP contribution in [-0.4, -0.2) is 18.5 Å². The summed E-state index contributed by atoms with van der Waals surface area (Å²) < 4.78 is 10.8. The first-order valence-corrected chi connectivity index (χ1v) is 9.59. The monoisotopic (exact) mass is 376 g/mol. The van der Waals surface area contributed by atoms with E-state index in [1.54, 1.807) is 19.1 Å². The van der Waals surface area contributed by atoms with Crippen molar-refractivity contribution in [2.24, 2.45) is 0 Å². The van der Waals surface area contributed by atoms with Gasteiger partial charge >= 0.3 is 11.9 Å². The van der Waals surface area contributed by atoms with Crippen molar-refractivity contribution in [1.29, 1.82) is 0 Å². The molecule has 0 aliphatic heterocycles. The molecule has 0 aliphatic carbocycles. The molecule has 3 aromatic carbocycles. The number of rotatable bonds is 7. The Morgan fingerprint density at radius 2 is 1.64 bits per heavy atom. The Bertz CT molecular complexity index is 974. The highest BCUT2D eigenvalue weighted by molar-refractivity contribution is 5.97. The lowest BCUT2D eigenvalue weighted by atomic mass is 10.0. The lowest BCUT2D eigenvalue weighted by molar-refractivity contribution is -0.142. The molecular formula is C24H24O4. The predicted molar refractivity (Wildman–Crippen MR) is 110 cm³/mol. The van der Waals surface area contributed by atoms with Gasteiger partial charge in [0, 0.05) is 10.9 Å². The smallest absolute Gasteiger partial charge is 0.343 e. The highest BCUT2D eigenvalue weighted by Gasteiger charge is 2.17. The van der Waals surface area contributed by atoms with Crippen molar-refractivity contribution in [1.82, 2.24) is 0 Å². The van der Waals surface area contributed by atoms with E-state index in [9.17, 15) is 9.59 Å². The third kappa shape index (κ3) is 4.58. The van der Waals surface area contributed by atoms with Crippen LogP contribution in [0, 0.1) is 0 Å². The van der Waals surface area contributed by atoms with Crippen LogP contribution in [0.1, 0.15) is 41.8 Å². The van der Waals surface area contributed by atoms with E-state index >= 15 is 0 Å². The summed E-state index contributed by atoms with van der Waals surface area (Å²) in [5, 5.41) is 1.73. The third-order valence-corrected chi connectivity index (χ3v) is 4.52. The number of fused-ring (bicyclic) bond motifs is 1. The van der Waals surface area contributed by atoms with Crippen LogP contribution in [0.5, 0.6) is 5.75 Å². The molecule has 144 valence electrons. The fourth-order valence-electron chi connectivity index (χ4n) is 3.16. The van der Waals surface area contributed by atoms with Crippen LogP contribution in [0.2, 0.25) is 0 Å². The van der Waals surface area contributed by atoms with Crippen molar-refractivity contribution < 1.29 is 19.1 Å². The van der Waals surface area contributed by atoms with Crippen LogP contribution in [-0.2, 0) is 22.4 Å². The molecule has 3 aromatic rings. The molecule has 0 atom stereocenters. The van der Waals surface area contributed by atoms with Crippen LogP contribution in [0.4, 0.5) is 0 Å². The number of carbonyl (C=O) groups is 2. The van der Waals surface area contributed by atoms with Gasteiger partial charge in [0.15, 0.2) is 0 Å². The second-order valence-corrected chi connectivity index (χ2v) is 6.59. The first-order chi connectivity index (χ1) is 13.6. The standard InChI is InChI=1S/C24H24O4/c1-3-7-17-10-12-19(13-11-17)24(26)28-23-20(16-22(25)27-4-2)15-14-18-8-5-6-9-21(18)23/h5-6,8-15H,3-4,7,16H2,1-2H3. The van der Waals surface area contributed by atoms with Gasteiger partial charge in [-0.1, -0.05) is 61.9 Å². The molecule has 28 heavy (non-hydrogen) atoms. The Hall–Kier alpha value is -3.14. The molecule has 0 saturated heterocycles. The van der Waals surface area contributed by atoms with Gasteiger partial charge in [-0.2, -0.15) is 0 Å². The number of ether oxygens (including phenoxy) is 2. The second-order valence-electron chi connectivity index (χ2n) is 6.59. The van der Waals surface area contributed by atoms with Gasteiger partial charge in [0.25, 0.3) is 0 Å². The zero-order valence-electron chi connectivity index (χ0n) is 16.2. The van der Waals surface area contributed by atoms with E-state index in [2.05, 4.69) is 6.92 Å². The zero-order chi connectivity index (χ0) is 19.9. The van der Waals surface area contributed by atoms with E-state index in [-0.39, 0.29) is 12.4 Å². The molecule has 4 heteroatoms. The number of esters is 2. The first kappa shape index (κ1) is 19.6. The molecule has 0 N–H and O–H groups in total. The maximum Gasteiger partial charge on any atom is 0.343 e. The fourth-order valence-corrected chi connectivity index (χ4v) is 3.16. The van der Waals surface area contributed by atoms with Gasteiger partial charge in [-0.05, 0) is 36.4 Å². The fraction of sp³-hybridized carbons (Fsp3) is 0.250. The minimum Gasteiger partial charge on any atom is -0.466 e. The van der Waals surface area contributed by atoms with E-state index in [0.29, 0.717) is 23.5 Å². The van der Waals surface area contributed by atoms with Crippen molar-refractivity contribution in [2.45, 2.75) is 33.1 Å². The Kier molecular flexibility index (Phi) is 6.43. The number of carbonyl (C=O) groups excluding carboxylic acids is 2. The van der Waals surface area contributed by atoms with Gasteiger partial charge in [0.05, 0.1) is 18.6 Å². The molecule has 0 amide bonds. The minimum atomic E-state index is -0.440. The lowest BCUT2D eigenvalue weighted by Crippen LogP contribution is -2.13. The van der Waals surface area contributed by atoms with Gasteiger partial charge in [0.1, 0.15) is 5.75 Å². The maximum absolute atomic E-state index is 12.8. The molecule has 0 saturated carbocycles. The summed E-state index contributed by atoms with van der Waals surface area (Å²) in [4.78, 5) is 24.7. The van der Waals surface area contributed by atoms with Gasteiger partial charge in [-0.3, -0.25) is 4.79 Å². The van der Waals surface area contributed by atoms with Crippen LogP contribution in [0.3, 0.4) is 0 Å². The average Bonchev–Trinajstić information content (AvgIpc) is 2.70. The molecule has 0 aromatic heterocycles. The quantitative estimate of drug-likeness (QED) is 0.424. The highest BCUT2D eigenvalue weighted by Crippen LogP contribution is 2.31. The minimum absolute atomic E-state index is 0.0523. The van der Waals surface area contributed by atoms with Gasteiger partial charge in [0.2, 0.25) is 0 Å². The predicted octanol–water partition coefficient (Wildman–Crippen LogP) is 5.12. The van der Waals surface area contributed by atoms with Gasteiger partial charge in [-0.15, -0.1) is 0 Å². The maximum atomic E-state index is 12.8. The summed E-state index contributed by atoms with van der Waals surface area (Å²) in [6, 6.07) is 18.8. The normalized spacial score (nSPS) is 10.6. The van der Waals surface area contributed by atoms with Gasteiger partial charge in [-0.25, -0.2) is 4.79 Å². The zero-order valence-corrected chi connectivity index (χ0v) is 16.2. The number of aryl methyl sites for hydroxylation is 1. The topological polar surface area (TPSA) is 52.6 Å². The molecular weight excluding hydrogens is 352 g/mol. The van der Waals surface area contributed by atoms with Crippen molar-refractivity contribution in [3.8, 4) is 5.75 Å². The summed E-state index contributed by atoms with van der Waals surface area (Å²) >= 11 is 0. The molecule has 0 unspecified atom stereocenters. The molecule has 0 aliphatic rings. The van der Waals surface area contributed by atoms with Crippen LogP contribution in [0.25, 0.3) is 10.8 Å². The first-order valence-electron chi connectivity index (χ1n) is 9.59. The summed E-state index contributed by atoms with van der Waals surface area (Å²) in [6.45, 7) is 4.20. The van der Waals surface area contributed by atoms with E-state index in [4.69, 9.17) is 9.47 Å². The Balaban J connectivity index is 1.93. The molecule has 0 fully saturated rings. The third-order valence-electron chi connectivity index (χ3n) is 4.52. The number of benzene rings is 3. The van der Waals surface area contributed by atoms with Crippen LogP contribution in [0.15, 0.2) is 60.7 Å². The molecule has 0 radical (unpaired) electrons. The van der Waals surface area contributed by atoms with Crippen molar-refractivity contribution in [3.05, 3.63) is 77.4 Å². The molecule has 0 bridgehead atoms. The van der Waals surface area contributed by atoms with Crippen molar-refractivity contribution in [2.75, 3.05) is 6.61 Å². The Morgan fingerprint density at radius 3 is 2.36 bits per heavy atom. The summed E-state index contributed by atoms with van der Waals surface area (Å²) in [6.07, 6.45) is 2.08. The Labute approximate surface area is 165 Å². The van der Waals surface area contributed by atoms with Gasteiger partial charge < -0.3 is 9.47 Å². The van der Waals surface area contributed by atoms with Crippen LogP contribution >= 0.6 is 0 Å². The van der Waals surface area contributed by atoms with Crippen molar-refractivity contribution >= 4 is 22.7 Å². The lowest BCUT2D eigenvalue weighted by Gasteiger charge is -2.13. The van der Waals surface area contributed by atoms with E-state index in [1.807, 2.05) is 48.5 Å². The molecule has 4 nitrogen and oxygen atoms in total. The number of hydrogen-bond donors (Lipinski definition) is 0. The van der Waals surface area contributed by atoms with Crippen LogP contribution < -0.4 is 4.74 Å². The summed E-state index contributed by atoms with van der Waals surface area (Å²) in [5.74, 6) is -0.378. The largest absolute Gasteiger partial charge is 0.466 e. The van der Waals surface area contributed by atoms with E-state index < -0.39 is 5.97 Å². The summed E-state index contributed by atoms with van der Waals surface area (Å²) in [7, 11) is 0. The number of hydrogen-bond acceptors (Lipinski definition) is 4. The van der Waals surface area contributed by atoms with E-state index in [1.165, 1.54) is 5.56 Å². The average molecular weight is 376 g/mol. The molecule has 3 rings (SSSR count). The Morgan fingerprint density at radius 1 is 0.893 bits per heavy atom. The molecule has 0 heterocycles. The van der Waals surface area contributed by atoms with Crippen molar-refractivity contribution in [3.63, 3.8) is 0 Å². The second kappa shape index (κ2) is 9.18. The summed E-state index contributed by atoms with van der Waals surface area (Å²) in [5.41, 5.74) is 2.30. The SMILES string of the molecule is CCCc1ccc(C(=O)Oc2c(CC(=O)OCC)ccc3ccccc23)cc1. The van der Waals surface area contributed by atoms with E-state index in [0.717, 1.165) is 23.6 Å².